The minimum absolute atomic E-state index is 0.199. The Kier molecular flexibility index (Phi) is 7.04. The quantitative estimate of drug-likeness (QED) is 0.282. The molecule has 1 rings (SSSR count). The zero-order valence-corrected chi connectivity index (χ0v) is 12.0. The number of phenols is 1. The fourth-order valence-electron chi connectivity index (χ4n) is 2.03. The highest BCUT2D eigenvalue weighted by atomic mass is 16.3. The molecule has 0 saturated carbocycles. The molecule has 0 aliphatic rings. The summed E-state index contributed by atoms with van der Waals surface area (Å²) < 4.78 is 0. The summed E-state index contributed by atoms with van der Waals surface area (Å²) in [7, 11) is 0. The minimum Gasteiger partial charge on any atom is -0.508 e. The molecule has 0 heterocycles. The van der Waals surface area contributed by atoms with Gasteiger partial charge >= 0.3 is 0 Å². The average Bonchev–Trinajstić information content (AvgIpc) is 2.40. The average molecular weight is 279 g/mol. The van der Waals surface area contributed by atoms with Crippen molar-refractivity contribution < 1.29 is 10.2 Å². The lowest BCUT2D eigenvalue weighted by atomic mass is 9.98. The molecule has 1 aromatic carbocycles. The second-order valence-corrected chi connectivity index (χ2v) is 5.11. The number of aliphatic hydroxyl groups excluding tert-OH is 1. The summed E-state index contributed by atoms with van der Waals surface area (Å²) in [5.74, 6) is 0.665. The number of phenolic OH excluding ortho intramolecular Hbond substituents is 1. The van der Waals surface area contributed by atoms with Crippen LogP contribution in [0.5, 0.6) is 5.75 Å². The number of unbranched alkanes of at least 4 members (excludes halogenated alkanes) is 1. The van der Waals surface area contributed by atoms with Gasteiger partial charge in [-0.1, -0.05) is 24.6 Å². The SMILES string of the molecule is CC(=N)NCCCC[C@H](N)C(O)Cc1ccccc1O. The van der Waals surface area contributed by atoms with E-state index in [0.29, 0.717) is 12.3 Å². The van der Waals surface area contributed by atoms with Crippen LogP contribution >= 0.6 is 0 Å². The monoisotopic (exact) mass is 279 g/mol. The normalized spacial score (nSPS) is 13.8. The van der Waals surface area contributed by atoms with Gasteiger partial charge in [0, 0.05) is 19.0 Å². The third-order valence-corrected chi connectivity index (χ3v) is 3.27. The van der Waals surface area contributed by atoms with E-state index in [0.717, 1.165) is 31.4 Å². The maximum atomic E-state index is 10.1. The van der Waals surface area contributed by atoms with E-state index in [4.69, 9.17) is 11.1 Å². The maximum absolute atomic E-state index is 10.1. The predicted molar refractivity (Wildman–Crippen MR) is 81.0 cm³/mol. The van der Waals surface area contributed by atoms with Crippen LogP contribution in [0.2, 0.25) is 0 Å². The lowest BCUT2D eigenvalue weighted by Crippen LogP contribution is -2.36. The van der Waals surface area contributed by atoms with E-state index in [-0.39, 0.29) is 11.8 Å². The van der Waals surface area contributed by atoms with Crippen LogP contribution in [0.15, 0.2) is 24.3 Å². The predicted octanol–water partition coefficient (Wildman–Crippen LogP) is 1.38. The van der Waals surface area contributed by atoms with Crippen molar-refractivity contribution in [1.29, 1.82) is 5.41 Å². The number of aliphatic hydroxyl groups is 1. The zero-order chi connectivity index (χ0) is 15.0. The van der Waals surface area contributed by atoms with E-state index < -0.39 is 6.10 Å². The molecule has 0 spiro atoms. The van der Waals surface area contributed by atoms with Crippen molar-refractivity contribution in [2.45, 2.75) is 44.8 Å². The molecule has 0 saturated heterocycles. The van der Waals surface area contributed by atoms with Gasteiger partial charge in [-0.3, -0.25) is 5.41 Å². The molecular formula is C15H25N3O2. The molecule has 1 unspecified atom stereocenters. The second kappa shape index (κ2) is 8.55. The van der Waals surface area contributed by atoms with Gasteiger partial charge in [-0.05, 0) is 31.4 Å². The summed E-state index contributed by atoms with van der Waals surface area (Å²) in [5, 5.41) is 29.9. The van der Waals surface area contributed by atoms with Gasteiger partial charge in [0.15, 0.2) is 0 Å². The largest absolute Gasteiger partial charge is 0.508 e. The summed E-state index contributed by atoms with van der Waals surface area (Å²) in [6.45, 7) is 2.47. The van der Waals surface area contributed by atoms with Crippen LogP contribution in [0.1, 0.15) is 31.7 Å². The molecule has 112 valence electrons. The van der Waals surface area contributed by atoms with Gasteiger partial charge in [-0.25, -0.2) is 0 Å². The molecule has 0 bridgehead atoms. The van der Waals surface area contributed by atoms with Gasteiger partial charge < -0.3 is 21.3 Å². The molecule has 5 heteroatoms. The standard InChI is InChI=1S/C15H25N3O2/c1-11(16)18-9-5-4-7-13(17)15(20)10-12-6-2-3-8-14(12)19/h2-3,6,8,13,15,19-20H,4-5,7,9-10,17H2,1H3,(H2,16,18)/t13-,15?/m0/s1. The first-order valence-corrected chi connectivity index (χ1v) is 7.00. The van der Waals surface area contributed by atoms with Crippen LogP contribution in [0, 0.1) is 5.41 Å². The van der Waals surface area contributed by atoms with Crippen molar-refractivity contribution >= 4 is 5.84 Å². The number of aromatic hydroxyl groups is 1. The van der Waals surface area contributed by atoms with Crippen LogP contribution in [-0.2, 0) is 6.42 Å². The van der Waals surface area contributed by atoms with Crippen molar-refractivity contribution in [3.63, 3.8) is 0 Å². The Bertz CT molecular complexity index is 423. The zero-order valence-electron chi connectivity index (χ0n) is 12.0. The number of rotatable bonds is 8. The van der Waals surface area contributed by atoms with Gasteiger partial charge in [-0.15, -0.1) is 0 Å². The van der Waals surface area contributed by atoms with Gasteiger partial charge in [0.2, 0.25) is 0 Å². The van der Waals surface area contributed by atoms with E-state index in [1.807, 2.05) is 6.07 Å². The molecule has 5 nitrogen and oxygen atoms in total. The number of hydrogen-bond donors (Lipinski definition) is 5. The Morgan fingerprint density at radius 3 is 2.70 bits per heavy atom. The first-order chi connectivity index (χ1) is 9.50. The third-order valence-electron chi connectivity index (χ3n) is 3.27. The van der Waals surface area contributed by atoms with E-state index in [9.17, 15) is 10.2 Å². The number of nitrogens with two attached hydrogens (primary N) is 1. The summed E-state index contributed by atoms with van der Waals surface area (Å²) in [5.41, 5.74) is 6.68. The van der Waals surface area contributed by atoms with Crippen molar-refractivity contribution in [2.75, 3.05) is 6.54 Å². The van der Waals surface area contributed by atoms with Crippen molar-refractivity contribution in [1.82, 2.24) is 5.32 Å². The topological polar surface area (TPSA) is 102 Å². The first kappa shape index (κ1) is 16.5. The fraction of sp³-hybridized carbons (Fsp3) is 0.533. The highest BCUT2D eigenvalue weighted by Crippen LogP contribution is 2.18. The van der Waals surface area contributed by atoms with Gasteiger partial charge in [0.05, 0.1) is 11.9 Å². The number of hydrogen-bond acceptors (Lipinski definition) is 4. The van der Waals surface area contributed by atoms with Gasteiger partial charge in [0.25, 0.3) is 0 Å². The van der Waals surface area contributed by atoms with E-state index >= 15 is 0 Å². The Balaban J connectivity index is 2.27. The highest BCUT2D eigenvalue weighted by molar-refractivity contribution is 5.75. The van der Waals surface area contributed by atoms with Crippen LogP contribution < -0.4 is 11.1 Å². The lowest BCUT2D eigenvalue weighted by Gasteiger charge is -2.19. The number of amidine groups is 1. The smallest absolute Gasteiger partial charge is 0.118 e. The van der Waals surface area contributed by atoms with Gasteiger partial charge in [0.1, 0.15) is 5.75 Å². The number of nitrogens with one attached hydrogen (secondary N) is 2. The molecule has 0 aliphatic carbocycles. The molecule has 20 heavy (non-hydrogen) atoms. The van der Waals surface area contributed by atoms with E-state index in [2.05, 4.69) is 5.32 Å². The number of benzene rings is 1. The number of para-hydroxylation sites is 1. The Morgan fingerprint density at radius 1 is 1.35 bits per heavy atom. The van der Waals surface area contributed by atoms with Crippen LogP contribution in [0.4, 0.5) is 0 Å². The molecular weight excluding hydrogens is 254 g/mol. The molecule has 1 aromatic rings. The van der Waals surface area contributed by atoms with Crippen molar-refractivity contribution in [3.05, 3.63) is 29.8 Å². The first-order valence-electron chi connectivity index (χ1n) is 7.00. The molecule has 2 atom stereocenters. The Labute approximate surface area is 120 Å². The van der Waals surface area contributed by atoms with E-state index in [1.54, 1.807) is 25.1 Å². The molecule has 0 aliphatic heterocycles. The van der Waals surface area contributed by atoms with Crippen LogP contribution in [-0.4, -0.2) is 34.7 Å². The van der Waals surface area contributed by atoms with Crippen molar-refractivity contribution in [2.24, 2.45) is 5.73 Å². The Morgan fingerprint density at radius 2 is 2.05 bits per heavy atom. The Hall–Kier alpha value is -1.59. The summed E-state index contributed by atoms with van der Waals surface area (Å²) in [4.78, 5) is 0. The highest BCUT2D eigenvalue weighted by Gasteiger charge is 2.16. The van der Waals surface area contributed by atoms with Gasteiger partial charge in [-0.2, -0.15) is 0 Å². The molecule has 0 aromatic heterocycles. The fourth-order valence-corrected chi connectivity index (χ4v) is 2.03. The van der Waals surface area contributed by atoms with Crippen molar-refractivity contribution in [3.8, 4) is 5.75 Å². The minimum atomic E-state index is -0.652. The molecule has 6 N–H and O–H groups in total. The second-order valence-electron chi connectivity index (χ2n) is 5.11. The summed E-state index contributed by atoms with van der Waals surface area (Å²) in [6, 6.07) is 6.69. The summed E-state index contributed by atoms with van der Waals surface area (Å²) in [6.07, 6.45) is 2.27. The third kappa shape index (κ3) is 6.04. The summed E-state index contributed by atoms with van der Waals surface area (Å²) >= 11 is 0. The molecule has 0 radical (unpaired) electrons. The maximum Gasteiger partial charge on any atom is 0.118 e. The van der Waals surface area contributed by atoms with Crippen LogP contribution in [0.3, 0.4) is 0 Å². The van der Waals surface area contributed by atoms with E-state index in [1.165, 1.54) is 0 Å². The molecule has 0 fully saturated rings. The lowest BCUT2D eigenvalue weighted by molar-refractivity contribution is 0.138. The molecule has 0 amide bonds. The van der Waals surface area contributed by atoms with Crippen LogP contribution in [0.25, 0.3) is 0 Å².